The van der Waals surface area contributed by atoms with Crippen LogP contribution in [0, 0.1) is 0 Å². The van der Waals surface area contributed by atoms with Gasteiger partial charge in [0.25, 0.3) is 0 Å². The number of halogens is 1. The van der Waals surface area contributed by atoms with Crippen molar-refractivity contribution < 1.29 is 0 Å². The van der Waals surface area contributed by atoms with E-state index in [-0.39, 0.29) is 5.69 Å². The van der Waals surface area contributed by atoms with Crippen LogP contribution >= 0.6 is 11.6 Å². The molecule has 0 aliphatic rings. The van der Waals surface area contributed by atoms with E-state index in [1.54, 1.807) is 18.5 Å². The topological polar surface area (TPSA) is 86.5 Å². The molecule has 0 radical (unpaired) electrons. The second-order valence-corrected chi connectivity index (χ2v) is 5.65. The first-order valence-corrected chi connectivity index (χ1v) is 7.63. The Hall–Kier alpha value is -3.12. The molecular weight excluding hydrogens is 326 g/mol. The molecule has 0 atom stereocenters. The van der Waals surface area contributed by atoms with Crippen LogP contribution in [0.3, 0.4) is 0 Å². The fourth-order valence-electron chi connectivity index (χ4n) is 2.44. The van der Waals surface area contributed by atoms with Crippen LogP contribution in [0.1, 0.15) is 0 Å². The maximum atomic E-state index is 11.3. The summed E-state index contributed by atoms with van der Waals surface area (Å²) in [6, 6.07) is 13.0. The third kappa shape index (κ3) is 2.75. The van der Waals surface area contributed by atoms with E-state index in [0.29, 0.717) is 11.0 Å². The van der Waals surface area contributed by atoms with Crippen molar-refractivity contribution >= 4 is 34.3 Å². The normalized spacial score (nSPS) is 10.9. The molecular formula is C17H12ClN5O. The van der Waals surface area contributed by atoms with Crippen molar-refractivity contribution in [3.63, 3.8) is 0 Å². The highest BCUT2D eigenvalue weighted by Crippen LogP contribution is 2.25. The molecule has 7 heteroatoms. The third-order valence-electron chi connectivity index (χ3n) is 3.62. The van der Waals surface area contributed by atoms with Crippen LogP contribution in [0.5, 0.6) is 0 Å². The average Bonchev–Trinajstić information content (AvgIpc) is 2.97. The number of benzene rings is 2. The summed E-state index contributed by atoms with van der Waals surface area (Å²) in [5.41, 5.74) is 3.80. The van der Waals surface area contributed by atoms with Crippen LogP contribution in [0.15, 0.2) is 59.7 Å². The van der Waals surface area contributed by atoms with E-state index in [9.17, 15) is 4.79 Å². The van der Waals surface area contributed by atoms with Gasteiger partial charge in [0.1, 0.15) is 0 Å². The van der Waals surface area contributed by atoms with Gasteiger partial charge in [0.2, 0.25) is 5.95 Å². The Bertz CT molecular complexity index is 1070. The molecule has 0 saturated heterocycles. The van der Waals surface area contributed by atoms with Crippen LogP contribution < -0.4 is 11.0 Å². The lowest BCUT2D eigenvalue weighted by Crippen LogP contribution is -1.99. The van der Waals surface area contributed by atoms with Gasteiger partial charge in [0, 0.05) is 18.0 Å². The quantitative estimate of drug-likeness (QED) is 0.532. The number of hydrogen-bond donors (Lipinski definition) is 3. The van der Waals surface area contributed by atoms with Gasteiger partial charge in [0.15, 0.2) is 0 Å². The van der Waals surface area contributed by atoms with Crippen molar-refractivity contribution in [2.75, 3.05) is 5.32 Å². The zero-order valence-corrected chi connectivity index (χ0v) is 13.1. The Balaban J connectivity index is 1.62. The van der Waals surface area contributed by atoms with Crippen molar-refractivity contribution in [2.45, 2.75) is 0 Å². The standard InChI is InChI=1S/C17H12ClN5O/c18-12-3-1-2-4-13(12)21-16-19-8-11(9-20-16)10-5-6-14-15(7-10)23-17(24)22-14/h1-9H,(H,19,20,21)(H2,22,23,24). The van der Waals surface area contributed by atoms with Crippen molar-refractivity contribution in [1.29, 1.82) is 0 Å². The van der Waals surface area contributed by atoms with Crippen LogP contribution in [-0.2, 0) is 0 Å². The summed E-state index contributed by atoms with van der Waals surface area (Å²) in [6.07, 6.45) is 3.44. The van der Waals surface area contributed by atoms with E-state index < -0.39 is 0 Å². The van der Waals surface area contributed by atoms with Gasteiger partial charge in [-0.1, -0.05) is 29.8 Å². The number of nitrogens with one attached hydrogen (secondary N) is 3. The molecule has 0 unspecified atom stereocenters. The largest absolute Gasteiger partial charge is 0.323 e. The zero-order valence-electron chi connectivity index (χ0n) is 12.4. The summed E-state index contributed by atoms with van der Waals surface area (Å²) in [6.45, 7) is 0. The van der Waals surface area contributed by atoms with Gasteiger partial charge in [-0.25, -0.2) is 14.8 Å². The van der Waals surface area contributed by atoms with E-state index in [4.69, 9.17) is 11.6 Å². The molecule has 118 valence electrons. The number of anilines is 2. The van der Waals surface area contributed by atoms with E-state index in [0.717, 1.165) is 27.8 Å². The zero-order chi connectivity index (χ0) is 16.5. The maximum Gasteiger partial charge on any atom is 0.323 e. The molecule has 2 heterocycles. The molecule has 0 fully saturated rings. The summed E-state index contributed by atoms with van der Waals surface area (Å²) in [4.78, 5) is 25.4. The monoisotopic (exact) mass is 337 g/mol. The Morgan fingerprint density at radius 3 is 2.46 bits per heavy atom. The predicted octanol–water partition coefficient (Wildman–Crippen LogP) is 3.71. The second-order valence-electron chi connectivity index (χ2n) is 5.24. The molecule has 0 aliphatic heterocycles. The lowest BCUT2D eigenvalue weighted by Gasteiger charge is -2.07. The minimum Gasteiger partial charge on any atom is -0.323 e. The molecule has 3 N–H and O–H groups in total. The van der Waals surface area contributed by atoms with Crippen LogP contribution in [-0.4, -0.2) is 19.9 Å². The molecule has 24 heavy (non-hydrogen) atoms. The van der Waals surface area contributed by atoms with Gasteiger partial charge in [-0.3, -0.25) is 0 Å². The lowest BCUT2D eigenvalue weighted by molar-refractivity contribution is 1.17. The summed E-state index contributed by atoms with van der Waals surface area (Å²) in [5, 5.41) is 3.68. The van der Waals surface area contributed by atoms with Gasteiger partial charge in [-0.05, 0) is 29.8 Å². The number of fused-ring (bicyclic) bond motifs is 1. The van der Waals surface area contributed by atoms with Crippen LogP contribution in [0.25, 0.3) is 22.2 Å². The number of aromatic nitrogens is 4. The minimum absolute atomic E-state index is 0.224. The number of H-pyrrole nitrogens is 2. The average molecular weight is 338 g/mol. The number of para-hydroxylation sites is 1. The van der Waals surface area contributed by atoms with Crippen molar-refractivity contribution in [2.24, 2.45) is 0 Å². The molecule has 0 spiro atoms. The van der Waals surface area contributed by atoms with E-state index in [1.807, 2.05) is 36.4 Å². The maximum absolute atomic E-state index is 11.3. The highest BCUT2D eigenvalue weighted by Gasteiger charge is 2.05. The van der Waals surface area contributed by atoms with E-state index in [1.165, 1.54) is 0 Å². The van der Waals surface area contributed by atoms with Gasteiger partial charge in [0.05, 0.1) is 21.7 Å². The SMILES string of the molecule is O=c1[nH]c2ccc(-c3cnc(Nc4ccccc4Cl)nc3)cc2[nH]1. The van der Waals surface area contributed by atoms with Gasteiger partial charge in [-0.15, -0.1) is 0 Å². The molecule has 4 rings (SSSR count). The first-order chi connectivity index (χ1) is 11.7. The Morgan fingerprint density at radius 1 is 0.917 bits per heavy atom. The molecule has 4 aromatic rings. The predicted molar refractivity (Wildman–Crippen MR) is 94.7 cm³/mol. The van der Waals surface area contributed by atoms with Crippen molar-refractivity contribution in [3.8, 4) is 11.1 Å². The molecule has 2 aromatic carbocycles. The van der Waals surface area contributed by atoms with Crippen molar-refractivity contribution in [3.05, 3.63) is 70.4 Å². The van der Waals surface area contributed by atoms with Gasteiger partial charge < -0.3 is 15.3 Å². The third-order valence-corrected chi connectivity index (χ3v) is 3.95. The van der Waals surface area contributed by atoms with Gasteiger partial charge >= 0.3 is 5.69 Å². The number of hydrogen-bond acceptors (Lipinski definition) is 4. The fraction of sp³-hybridized carbons (Fsp3) is 0. The summed E-state index contributed by atoms with van der Waals surface area (Å²) in [7, 11) is 0. The summed E-state index contributed by atoms with van der Waals surface area (Å²) < 4.78 is 0. The highest BCUT2D eigenvalue weighted by atomic mass is 35.5. The lowest BCUT2D eigenvalue weighted by atomic mass is 10.1. The van der Waals surface area contributed by atoms with Crippen LogP contribution in [0.4, 0.5) is 11.6 Å². The summed E-state index contributed by atoms with van der Waals surface area (Å²) >= 11 is 6.11. The molecule has 0 saturated carbocycles. The number of rotatable bonds is 3. The first-order valence-electron chi connectivity index (χ1n) is 7.25. The number of aromatic amines is 2. The smallest absolute Gasteiger partial charge is 0.323 e. The summed E-state index contributed by atoms with van der Waals surface area (Å²) in [5.74, 6) is 0.461. The number of nitrogens with zero attached hydrogens (tertiary/aromatic N) is 2. The first kappa shape index (κ1) is 14.5. The van der Waals surface area contributed by atoms with Gasteiger partial charge in [-0.2, -0.15) is 0 Å². The number of imidazole rings is 1. The second kappa shape index (κ2) is 5.82. The van der Waals surface area contributed by atoms with E-state index >= 15 is 0 Å². The minimum atomic E-state index is -0.224. The van der Waals surface area contributed by atoms with Crippen molar-refractivity contribution in [1.82, 2.24) is 19.9 Å². The molecule has 6 nitrogen and oxygen atoms in total. The fourth-order valence-corrected chi connectivity index (χ4v) is 2.62. The van der Waals surface area contributed by atoms with E-state index in [2.05, 4.69) is 25.3 Å². The van der Waals surface area contributed by atoms with Crippen LogP contribution in [0.2, 0.25) is 5.02 Å². The Labute approximate surface area is 141 Å². The molecule has 2 aromatic heterocycles. The highest BCUT2D eigenvalue weighted by molar-refractivity contribution is 6.33. The Morgan fingerprint density at radius 2 is 1.67 bits per heavy atom. The Kier molecular flexibility index (Phi) is 3.51. The molecule has 0 aliphatic carbocycles. The molecule has 0 amide bonds. The molecule has 0 bridgehead atoms.